The molecular formula is C33H34N2O4. The summed E-state index contributed by atoms with van der Waals surface area (Å²) in [5.41, 5.74) is 5.23. The standard InChI is InChI=1S/C33H34N2O4/c1-23-10-14-26(15-11-23)22-35(31(36)20-25-8-6-5-7-9-25)32(27-16-12-24(2)13-17-27)33(37)34-29-19-18-28(38-3)21-30(29)39-4/h5-19,21,32H,20,22H2,1-4H3,(H,34,37). The van der Waals surface area contributed by atoms with Crippen molar-refractivity contribution in [2.45, 2.75) is 32.9 Å². The summed E-state index contributed by atoms with van der Waals surface area (Å²) in [6.45, 7) is 4.29. The average molecular weight is 523 g/mol. The topological polar surface area (TPSA) is 67.9 Å². The third kappa shape index (κ3) is 7.05. The molecular weight excluding hydrogens is 488 g/mol. The second-order valence-electron chi connectivity index (χ2n) is 9.54. The van der Waals surface area contributed by atoms with E-state index >= 15 is 0 Å². The summed E-state index contributed by atoms with van der Waals surface area (Å²) in [5, 5.41) is 3.01. The van der Waals surface area contributed by atoms with Gasteiger partial charge in [-0.1, -0.05) is 90.0 Å². The van der Waals surface area contributed by atoms with Crippen molar-refractivity contribution >= 4 is 17.5 Å². The van der Waals surface area contributed by atoms with Crippen molar-refractivity contribution in [2.75, 3.05) is 19.5 Å². The number of rotatable bonds is 10. The van der Waals surface area contributed by atoms with Crippen LogP contribution in [-0.4, -0.2) is 30.9 Å². The van der Waals surface area contributed by atoms with Crippen molar-refractivity contribution in [3.05, 3.63) is 125 Å². The van der Waals surface area contributed by atoms with E-state index in [4.69, 9.17) is 9.47 Å². The van der Waals surface area contributed by atoms with Gasteiger partial charge < -0.3 is 19.7 Å². The highest BCUT2D eigenvalue weighted by molar-refractivity contribution is 5.99. The minimum Gasteiger partial charge on any atom is -0.497 e. The first kappa shape index (κ1) is 27.5. The Kier molecular flexibility index (Phi) is 9.00. The summed E-state index contributed by atoms with van der Waals surface area (Å²) in [6.07, 6.45) is 0.175. The normalized spacial score (nSPS) is 11.4. The lowest BCUT2D eigenvalue weighted by Crippen LogP contribution is -2.41. The first-order valence-corrected chi connectivity index (χ1v) is 12.9. The number of carbonyl (C=O) groups is 2. The number of hydrogen-bond donors (Lipinski definition) is 1. The quantitative estimate of drug-likeness (QED) is 0.267. The summed E-state index contributed by atoms with van der Waals surface area (Å²) in [4.78, 5) is 29.7. The van der Waals surface area contributed by atoms with Gasteiger partial charge in [-0.05, 0) is 42.7 Å². The highest BCUT2D eigenvalue weighted by atomic mass is 16.5. The fourth-order valence-corrected chi connectivity index (χ4v) is 4.41. The van der Waals surface area contributed by atoms with Gasteiger partial charge in [-0.2, -0.15) is 0 Å². The van der Waals surface area contributed by atoms with Crippen molar-refractivity contribution in [2.24, 2.45) is 0 Å². The van der Waals surface area contributed by atoms with Gasteiger partial charge in [0, 0.05) is 12.6 Å². The molecule has 0 bridgehead atoms. The van der Waals surface area contributed by atoms with E-state index < -0.39 is 6.04 Å². The number of aryl methyl sites for hydroxylation is 2. The molecule has 1 atom stereocenters. The summed E-state index contributed by atoms with van der Waals surface area (Å²) in [5.74, 6) is 0.588. The van der Waals surface area contributed by atoms with E-state index in [2.05, 4.69) is 5.32 Å². The van der Waals surface area contributed by atoms with Crippen molar-refractivity contribution in [3.63, 3.8) is 0 Å². The van der Waals surface area contributed by atoms with E-state index in [9.17, 15) is 9.59 Å². The number of methoxy groups -OCH3 is 2. The van der Waals surface area contributed by atoms with Crippen LogP contribution >= 0.6 is 0 Å². The number of carbonyl (C=O) groups excluding carboxylic acids is 2. The molecule has 0 aromatic heterocycles. The van der Waals surface area contributed by atoms with Crippen molar-refractivity contribution in [1.29, 1.82) is 0 Å². The first-order valence-electron chi connectivity index (χ1n) is 12.9. The van der Waals surface area contributed by atoms with Crippen LogP contribution in [0.3, 0.4) is 0 Å². The van der Waals surface area contributed by atoms with E-state index in [1.54, 1.807) is 30.2 Å². The molecule has 0 aliphatic carbocycles. The number of nitrogens with zero attached hydrogens (tertiary/aromatic N) is 1. The van der Waals surface area contributed by atoms with E-state index in [0.717, 1.165) is 27.8 Å². The van der Waals surface area contributed by atoms with Gasteiger partial charge in [0.2, 0.25) is 5.91 Å². The minimum atomic E-state index is -0.880. The predicted molar refractivity (Wildman–Crippen MR) is 154 cm³/mol. The highest BCUT2D eigenvalue weighted by Crippen LogP contribution is 2.32. The van der Waals surface area contributed by atoms with E-state index in [1.165, 1.54) is 7.11 Å². The van der Waals surface area contributed by atoms with Gasteiger partial charge in [0.05, 0.1) is 26.3 Å². The molecule has 0 saturated carbocycles. The molecule has 2 amide bonds. The molecule has 1 unspecified atom stereocenters. The maximum Gasteiger partial charge on any atom is 0.251 e. The maximum atomic E-state index is 14.1. The average Bonchev–Trinajstić information content (AvgIpc) is 2.95. The summed E-state index contributed by atoms with van der Waals surface area (Å²) >= 11 is 0. The molecule has 0 aliphatic rings. The first-order chi connectivity index (χ1) is 18.9. The Bertz CT molecular complexity index is 1400. The smallest absolute Gasteiger partial charge is 0.251 e. The largest absolute Gasteiger partial charge is 0.497 e. The Morgan fingerprint density at radius 1 is 0.769 bits per heavy atom. The molecule has 4 aromatic rings. The molecule has 1 N–H and O–H groups in total. The highest BCUT2D eigenvalue weighted by Gasteiger charge is 2.32. The molecule has 0 fully saturated rings. The second kappa shape index (κ2) is 12.8. The SMILES string of the molecule is COc1ccc(NC(=O)C(c2ccc(C)cc2)N(Cc2ccc(C)cc2)C(=O)Cc2ccccc2)c(OC)c1. The Labute approximate surface area is 230 Å². The van der Waals surface area contributed by atoms with E-state index in [1.807, 2.05) is 92.7 Å². The van der Waals surface area contributed by atoms with Crippen LogP contribution in [0.4, 0.5) is 5.69 Å². The lowest BCUT2D eigenvalue weighted by molar-refractivity contribution is -0.139. The zero-order valence-corrected chi connectivity index (χ0v) is 22.8. The van der Waals surface area contributed by atoms with Gasteiger partial charge in [-0.25, -0.2) is 0 Å². The number of ether oxygens (including phenoxy) is 2. The van der Waals surface area contributed by atoms with Crippen molar-refractivity contribution < 1.29 is 19.1 Å². The molecule has 200 valence electrons. The Hall–Kier alpha value is -4.58. The van der Waals surface area contributed by atoms with Crippen LogP contribution in [-0.2, 0) is 22.6 Å². The fraction of sp³-hybridized carbons (Fsp3) is 0.212. The predicted octanol–water partition coefficient (Wildman–Crippen LogP) is 6.27. The number of anilines is 1. The fourth-order valence-electron chi connectivity index (χ4n) is 4.41. The number of nitrogens with one attached hydrogen (secondary N) is 1. The van der Waals surface area contributed by atoms with Crippen LogP contribution in [0.15, 0.2) is 97.1 Å². The zero-order valence-electron chi connectivity index (χ0n) is 22.8. The second-order valence-corrected chi connectivity index (χ2v) is 9.54. The van der Waals surface area contributed by atoms with Crippen LogP contribution in [0.25, 0.3) is 0 Å². The molecule has 6 nitrogen and oxygen atoms in total. The third-order valence-corrected chi connectivity index (χ3v) is 6.61. The molecule has 0 aliphatic heterocycles. The lowest BCUT2D eigenvalue weighted by Gasteiger charge is -2.32. The number of benzene rings is 4. The summed E-state index contributed by atoms with van der Waals surface area (Å²) in [6, 6.07) is 29.6. The van der Waals surface area contributed by atoms with Crippen LogP contribution in [0.2, 0.25) is 0 Å². The third-order valence-electron chi connectivity index (χ3n) is 6.61. The van der Waals surface area contributed by atoms with Crippen molar-refractivity contribution in [3.8, 4) is 11.5 Å². The van der Waals surface area contributed by atoms with Crippen LogP contribution in [0, 0.1) is 13.8 Å². The molecule has 0 saturated heterocycles. The number of amides is 2. The van der Waals surface area contributed by atoms with Gasteiger partial charge in [0.15, 0.2) is 0 Å². The molecule has 0 radical (unpaired) electrons. The Morgan fingerprint density at radius 2 is 1.41 bits per heavy atom. The maximum absolute atomic E-state index is 14.1. The molecule has 0 spiro atoms. The zero-order chi connectivity index (χ0) is 27.8. The summed E-state index contributed by atoms with van der Waals surface area (Å²) in [7, 11) is 3.11. The molecule has 6 heteroatoms. The number of hydrogen-bond acceptors (Lipinski definition) is 4. The van der Waals surface area contributed by atoms with Gasteiger partial charge >= 0.3 is 0 Å². The molecule has 0 heterocycles. The lowest BCUT2D eigenvalue weighted by atomic mass is 10.00. The van der Waals surface area contributed by atoms with Gasteiger partial charge in [-0.3, -0.25) is 9.59 Å². The van der Waals surface area contributed by atoms with Crippen LogP contribution in [0.1, 0.15) is 33.9 Å². The monoisotopic (exact) mass is 522 g/mol. The summed E-state index contributed by atoms with van der Waals surface area (Å²) < 4.78 is 10.8. The Balaban J connectivity index is 1.75. The van der Waals surface area contributed by atoms with Crippen molar-refractivity contribution in [1.82, 2.24) is 4.90 Å². The molecule has 4 rings (SSSR count). The molecule has 39 heavy (non-hydrogen) atoms. The Morgan fingerprint density at radius 3 is 2.03 bits per heavy atom. The van der Waals surface area contributed by atoms with E-state index in [0.29, 0.717) is 17.2 Å². The van der Waals surface area contributed by atoms with Crippen LogP contribution < -0.4 is 14.8 Å². The van der Waals surface area contributed by atoms with Gasteiger partial charge in [0.25, 0.3) is 5.91 Å². The van der Waals surface area contributed by atoms with E-state index in [-0.39, 0.29) is 24.8 Å². The minimum absolute atomic E-state index is 0.149. The van der Waals surface area contributed by atoms with Gasteiger partial charge in [-0.15, -0.1) is 0 Å². The van der Waals surface area contributed by atoms with Crippen LogP contribution in [0.5, 0.6) is 11.5 Å². The molecule has 4 aromatic carbocycles. The van der Waals surface area contributed by atoms with Gasteiger partial charge in [0.1, 0.15) is 17.5 Å².